The second kappa shape index (κ2) is 12.0. The van der Waals surface area contributed by atoms with Crippen LogP contribution in [-0.2, 0) is 14.8 Å². The van der Waals surface area contributed by atoms with Gasteiger partial charge in [-0.15, -0.1) is 11.8 Å². The number of carbonyl (C=O) groups excluding carboxylic acids is 1. The first-order valence-electron chi connectivity index (χ1n) is 11.2. The maximum atomic E-state index is 13.6. The Labute approximate surface area is 211 Å². The van der Waals surface area contributed by atoms with Crippen LogP contribution in [0.15, 0.2) is 82.6 Å². The smallest absolute Gasteiger partial charge is 0.264 e. The largest absolute Gasteiger partial charge is 0.494 e. The number of hydrogen-bond acceptors (Lipinski definition) is 6. The van der Waals surface area contributed by atoms with E-state index in [9.17, 15) is 13.2 Å². The van der Waals surface area contributed by atoms with E-state index >= 15 is 0 Å². The predicted octanol–water partition coefficient (Wildman–Crippen LogP) is 5.43. The normalized spacial score (nSPS) is 11.2. The topological polar surface area (TPSA) is 84.9 Å². The van der Waals surface area contributed by atoms with E-state index in [-0.39, 0.29) is 11.0 Å². The van der Waals surface area contributed by atoms with Crippen LogP contribution in [0.4, 0.5) is 11.4 Å². The van der Waals surface area contributed by atoms with Gasteiger partial charge in [-0.1, -0.05) is 12.1 Å². The summed E-state index contributed by atoms with van der Waals surface area (Å²) in [5.74, 6) is 0.629. The number of thioether (sulfide) groups is 1. The van der Waals surface area contributed by atoms with Crippen molar-refractivity contribution in [1.29, 1.82) is 0 Å². The van der Waals surface area contributed by atoms with Gasteiger partial charge in [0.15, 0.2) is 0 Å². The lowest BCUT2D eigenvalue weighted by Gasteiger charge is -2.25. The molecule has 0 atom stereocenters. The molecule has 1 N–H and O–H groups in total. The molecule has 3 aromatic rings. The third-order valence-electron chi connectivity index (χ3n) is 4.89. The summed E-state index contributed by atoms with van der Waals surface area (Å²) in [6.07, 6.45) is 1.83. The van der Waals surface area contributed by atoms with Gasteiger partial charge in [0.25, 0.3) is 10.0 Å². The molecule has 0 aliphatic heterocycles. The lowest BCUT2D eigenvalue weighted by atomic mass is 10.2. The molecule has 0 saturated heterocycles. The van der Waals surface area contributed by atoms with E-state index in [0.717, 1.165) is 9.20 Å². The highest BCUT2D eigenvalue weighted by Gasteiger charge is 2.27. The van der Waals surface area contributed by atoms with Crippen molar-refractivity contribution in [3.63, 3.8) is 0 Å². The van der Waals surface area contributed by atoms with Crippen LogP contribution < -0.4 is 19.1 Å². The number of ether oxygens (including phenoxy) is 2. The molecule has 9 heteroatoms. The molecule has 0 radical (unpaired) electrons. The number of nitrogens with zero attached hydrogens (tertiary/aromatic N) is 1. The van der Waals surface area contributed by atoms with Crippen molar-refractivity contribution < 1.29 is 22.7 Å². The number of nitrogens with one attached hydrogen (secondary N) is 1. The van der Waals surface area contributed by atoms with Crippen LogP contribution in [0.1, 0.15) is 20.8 Å². The first-order valence-corrected chi connectivity index (χ1v) is 13.9. The Bertz CT molecular complexity index is 1230. The van der Waals surface area contributed by atoms with Gasteiger partial charge < -0.3 is 14.8 Å². The predicted molar refractivity (Wildman–Crippen MR) is 141 cm³/mol. The first-order chi connectivity index (χ1) is 16.7. The molecule has 3 aromatic carbocycles. The van der Waals surface area contributed by atoms with Gasteiger partial charge in [0.05, 0.1) is 29.0 Å². The minimum Gasteiger partial charge on any atom is -0.494 e. The van der Waals surface area contributed by atoms with Crippen LogP contribution >= 0.6 is 11.8 Å². The third-order valence-corrected chi connectivity index (χ3v) is 7.43. The Morgan fingerprint density at radius 2 is 1.66 bits per heavy atom. The second-order valence-corrected chi connectivity index (χ2v) is 10.6. The number of carbonyl (C=O) groups is 1. The molecule has 0 heterocycles. The molecule has 0 bridgehead atoms. The van der Waals surface area contributed by atoms with Crippen molar-refractivity contribution in [2.75, 3.05) is 29.0 Å². The number of anilines is 2. The van der Waals surface area contributed by atoms with Gasteiger partial charge in [0.2, 0.25) is 5.91 Å². The minimum atomic E-state index is -4.03. The summed E-state index contributed by atoms with van der Waals surface area (Å²) in [7, 11) is -4.03. The van der Waals surface area contributed by atoms with E-state index in [1.165, 1.54) is 11.8 Å². The van der Waals surface area contributed by atoms with Gasteiger partial charge in [0, 0.05) is 4.90 Å². The Morgan fingerprint density at radius 3 is 2.26 bits per heavy atom. The van der Waals surface area contributed by atoms with E-state index < -0.39 is 22.5 Å². The van der Waals surface area contributed by atoms with E-state index in [0.29, 0.717) is 29.5 Å². The maximum absolute atomic E-state index is 13.6. The number of sulfonamides is 1. The summed E-state index contributed by atoms with van der Waals surface area (Å²) in [5, 5.41) is 2.79. The van der Waals surface area contributed by atoms with Crippen molar-refractivity contribution >= 4 is 39.1 Å². The number of amides is 1. The molecule has 0 fully saturated rings. The lowest BCUT2D eigenvalue weighted by Crippen LogP contribution is -2.38. The number of benzene rings is 3. The van der Waals surface area contributed by atoms with Crippen LogP contribution in [-0.4, -0.2) is 39.8 Å². The number of para-hydroxylation sites is 2. The fourth-order valence-electron chi connectivity index (χ4n) is 3.31. The van der Waals surface area contributed by atoms with Gasteiger partial charge in [-0.3, -0.25) is 9.10 Å². The van der Waals surface area contributed by atoms with Gasteiger partial charge in [-0.05, 0) is 87.7 Å². The van der Waals surface area contributed by atoms with Crippen LogP contribution in [0.5, 0.6) is 11.5 Å². The van der Waals surface area contributed by atoms with Gasteiger partial charge in [0.1, 0.15) is 18.0 Å². The number of rotatable bonds is 11. The Morgan fingerprint density at radius 1 is 1.00 bits per heavy atom. The Hall–Kier alpha value is -3.17. The van der Waals surface area contributed by atoms with Crippen LogP contribution in [0, 0.1) is 0 Å². The maximum Gasteiger partial charge on any atom is 0.264 e. The molecule has 0 aromatic heterocycles. The molecule has 7 nitrogen and oxygen atoms in total. The Balaban J connectivity index is 1.93. The Kier molecular flexibility index (Phi) is 9.06. The standard InChI is InChI=1S/C26H30N2O5S2/c1-5-32-21-12-10-20(11-13-21)28(35(30,31)23-16-14-22(34-4)15-17-23)18-26(29)27-24-8-6-7-9-25(24)33-19(2)3/h6-17,19H,5,18H2,1-4H3,(H,27,29). The van der Waals surface area contributed by atoms with Crippen molar-refractivity contribution in [3.8, 4) is 11.5 Å². The fraction of sp³-hybridized carbons (Fsp3) is 0.269. The zero-order valence-electron chi connectivity index (χ0n) is 20.2. The van der Waals surface area contributed by atoms with Crippen molar-refractivity contribution in [3.05, 3.63) is 72.8 Å². The summed E-state index contributed by atoms with van der Waals surface area (Å²) >= 11 is 1.52. The number of hydrogen-bond donors (Lipinski definition) is 1. The van der Waals surface area contributed by atoms with Crippen molar-refractivity contribution in [1.82, 2.24) is 0 Å². The average molecular weight is 515 g/mol. The molecule has 0 spiro atoms. The summed E-state index contributed by atoms with van der Waals surface area (Å²) in [6, 6.07) is 20.3. The van der Waals surface area contributed by atoms with Crippen LogP contribution in [0.2, 0.25) is 0 Å². The first kappa shape index (κ1) is 26.4. The highest BCUT2D eigenvalue weighted by molar-refractivity contribution is 7.98. The zero-order valence-corrected chi connectivity index (χ0v) is 21.9. The van der Waals surface area contributed by atoms with Crippen LogP contribution in [0.25, 0.3) is 0 Å². The van der Waals surface area contributed by atoms with E-state index in [1.54, 1.807) is 66.7 Å². The SMILES string of the molecule is CCOc1ccc(N(CC(=O)Nc2ccccc2OC(C)C)S(=O)(=O)c2ccc(SC)cc2)cc1. The van der Waals surface area contributed by atoms with E-state index in [1.807, 2.05) is 33.1 Å². The zero-order chi connectivity index (χ0) is 25.4. The molecule has 0 saturated carbocycles. The molecule has 186 valence electrons. The molecule has 35 heavy (non-hydrogen) atoms. The van der Waals surface area contributed by atoms with Crippen LogP contribution in [0.3, 0.4) is 0 Å². The van der Waals surface area contributed by atoms with Gasteiger partial charge in [-0.25, -0.2) is 8.42 Å². The quantitative estimate of drug-likeness (QED) is 0.344. The third kappa shape index (κ3) is 6.93. The molecular weight excluding hydrogens is 484 g/mol. The monoisotopic (exact) mass is 514 g/mol. The molecule has 0 aliphatic rings. The molecule has 1 amide bonds. The lowest BCUT2D eigenvalue weighted by molar-refractivity contribution is -0.114. The summed E-state index contributed by atoms with van der Waals surface area (Å²) in [4.78, 5) is 14.1. The minimum absolute atomic E-state index is 0.0851. The highest BCUT2D eigenvalue weighted by atomic mass is 32.2. The summed E-state index contributed by atoms with van der Waals surface area (Å²) in [6.45, 7) is 5.72. The summed E-state index contributed by atoms with van der Waals surface area (Å²) in [5.41, 5.74) is 0.823. The fourth-order valence-corrected chi connectivity index (χ4v) is 5.14. The average Bonchev–Trinajstić information content (AvgIpc) is 2.84. The van der Waals surface area contributed by atoms with E-state index in [2.05, 4.69) is 5.32 Å². The van der Waals surface area contributed by atoms with Gasteiger partial charge >= 0.3 is 0 Å². The van der Waals surface area contributed by atoms with Crippen molar-refractivity contribution in [2.45, 2.75) is 36.7 Å². The van der Waals surface area contributed by atoms with E-state index in [4.69, 9.17) is 9.47 Å². The highest BCUT2D eigenvalue weighted by Crippen LogP contribution is 2.28. The van der Waals surface area contributed by atoms with Gasteiger partial charge in [-0.2, -0.15) is 0 Å². The van der Waals surface area contributed by atoms with Crippen molar-refractivity contribution in [2.24, 2.45) is 0 Å². The molecule has 3 rings (SSSR count). The molecule has 0 unspecified atom stereocenters. The molecular formula is C26H30N2O5S2. The summed E-state index contributed by atoms with van der Waals surface area (Å²) < 4.78 is 39.6. The molecule has 0 aliphatic carbocycles. The second-order valence-electron chi connectivity index (χ2n) is 7.83.